The molecule has 2 amide bonds. The van der Waals surface area contributed by atoms with Gasteiger partial charge in [-0.05, 0) is 49.6 Å². The monoisotopic (exact) mass is 418 g/mol. The van der Waals surface area contributed by atoms with Gasteiger partial charge in [0.25, 0.3) is 5.91 Å². The highest BCUT2D eigenvalue weighted by Gasteiger charge is 2.35. The van der Waals surface area contributed by atoms with E-state index in [1.54, 1.807) is 4.90 Å². The van der Waals surface area contributed by atoms with Crippen LogP contribution in [0.5, 0.6) is 0 Å². The maximum atomic E-state index is 12.8. The Kier molecular flexibility index (Phi) is 6.08. The highest BCUT2D eigenvalue weighted by Crippen LogP contribution is 2.25. The van der Waals surface area contributed by atoms with Crippen LogP contribution in [-0.4, -0.2) is 52.3 Å². The number of thiophene rings is 1. The molecule has 150 valence electrons. The number of carbonyl (C=O) groups excluding carboxylic acids is 2. The first-order valence-electron chi connectivity index (χ1n) is 9.92. The van der Waals surface area contributed by atoms with Gasteiger partial charge in [0, 0.05) is 25.0 Å². The summed E-state index contributed by atoms with van der Waals surface area (Å²) < 4.78 is 0. The number of likely N-dealkylation sites (tertiary alicyclic amines) is 2. The zero-order valence-electron chi connectivity index (χ0n) is 16.1. The van der Waals surface area contributed by atoms with E-state index >= 15 is 0 Å². The van der Waals surface area contributed by atoms with Gasteiger partial charge in [0.1, 0.15) is 6.04 Å². The number of rotatable bonds is 5. The van der Waals surface area contributed by atoms with Crippen molar-refractivity contribution in [3.05, 3.63) is 33.5 Å². The van der Waals surface area contributed by atoms with Crippen LogP contribution in [0.2, 0.25) is 0 Å². The standard InChI is InChI=1S/C20H26N4O2S2/c1-14-5-2-8-23(11-14)12-15-13-28-20(21-15)22-18(25)16-6-3-9-24(16)19(26)17-7-4-10-27-17/h4,7,10,13-14,16H,2-3,5-6,8-9,11-12H2,1H3,(H,21,22,25)/t14?,16-/m0/s1. The van der Waals surface area contributed by atoms with E-state index in [1.807, 2.05) is 22.9 Å². The molecular weight excluding hydrogens is 392 g/mol. The zero-order valence-corrected chi connectivity index (χ0v) is 17.7. The van der Waals surface area contributed by atoms with Gasteiger partial charge < -0.3 is 10.2 Å². The van der Waals surface area contributed by atoms with Gasteiger partial charge in [0.15, 0.2) is 5.13 Å². The molecule has 4 rings (SSSR count). The molecule has 1 unspecified atom stereocenters. The van der Waals surface area contributed by atoms with E-state index in [0.717, 1.165) is 37.7 Å². The van der Waals surface area contributed by atoms with Crippen molar-refractivity contribution < 1.29 is 9.59 Å². The largest absolute Gasteiger partial charge is 0.326 e. The molecule has 28 heavy (non-hydrogen) atoms. The van der Waals surface area contributed by atoms with E-state index < -0.39 is 6.04 Å². The third-order valence-corrected chi connectivity index (χ3v) is 7.12. The normalized spacial score (nSPS) is 23.1. The van der Waals surface area contributed by atoms with Gasteiger partial charge in [-0.15, -0.1) is 22.7 Å². The lowest BCUT2D eigenvalue weighted by Gasteiger charge is -2.30. The third kappa shape index (κ3) is 4.45. The molecule has 2 aliphatic heterocycles. The van der Waals surface area contributed by atoms with E-state index in [9.17, 15) is 9.59 Å². The number of nitrogens with one attached hydrogen (secondary N) is 1. The van der Waals surface area contributed by atoms with E-state index in [-0.39, 0.29) is 11.8 Å². The first-order chi connectivity index (χ1) is 13.6. The van der Waals surface area contributed by atoms with Crippen LogP contribution in [0.3, 0.4) is 0 Å². The zero-order chi connectivity index (χ0) is 19.5. The van der Waals surface area contributed by atoms with Gasteiger partial charge in [-0.1, -0.05) is 13.0 Å². The predicted octanol–water partition coefficient (Wildman–Crippen LogP) is 3.68. The lowest BCUT2D eigenvalue weighted by atomic mass is 10.0. The van der Waals surface area contributed by atoms with Crippen LogP contribution in [0.15, 0.2) is 22.9 Å². The minimum absolute atomic E-state index is 0.0494. The van der Waals surface area contributed by atoms with Crippen LogP contribution in [-0.2, 0) is 11.3 Å². The van der Waals surface area contributed by atoms with Crippen LogP contribution in [0, 0.1) is 5.92 Å². The molecule has 8 heteroatoms. The van der Waals surface area contributed by atoms with Crippen LogP contribution in [0.1, 0.15) is 48.0 Å². The number of aromatic nitrogens is 1. The van der Waals surface area contributed by atoms with Crippen molar-refractivity contribution in [3.63, 3.8) is 0 Å². The average Bonchev–Trinajstić information content (AvgIpc) is 3.43. The SMILES string of the molecule is CC1CCCN(Cc2csc(NC(=O)[C@@H]3CCCN3C(=O)c3cccs3)n2)C1. The smallest absolute Gasteiger partial charge is 0.264 e. The van der Waals surface area contributed by atoms with Gasteiger partial charge in [0.05, 0.1) is 10.6 Å². The summed E-state index contributed by atoms with van der Waals surface area (Å²) in [5.74, 6) is 0.558. The lowest BCUT2D eigenvalue weighted by molar-refractivity contribution is -0.119. The average molecular weight is 419 g/mol. The van der Waals surface area contributed by atoms with Gasteiger partial charge in [-0.25, -0.2) is 4.98 Å². The van der Waals surface area contributed by atoms with Gasteiger partial charge >= 0.3 is 0 Å². The van der Waals surface area contributed by atoms with E-state index in [1.165, 1.54) is 35.5 Å². The van der Waals surface area contributed by atoms with Crippen LogP contribution >= 0.6 is 22.7 Å². The summed E-state index contributed by atoms with van der Waals surface area (Å²) >= 11 is 2.88. The summed E-state index contributed by atoms with van der Waals surface area (Å²) in [6.45, 7) is 5.99. The Balaban J connectivity index is 1.35. The minimum atomic E-state index is -0.412. The van der Waals surface area contributed by atoms with E-state index in [0.29, 0.717) is 23.0 Å². The third-order valence-electron chi connectivity index (χ3n) is 5.46. The van der Waals surface area contributed by atoms with Crippen molar-refractivity contribution in [3.8, 4) is 0 Å². The molecule has 2 aromatic rings. The first kappa shape index (κ1) is 19.5. The molecule has 0 aromatic carbocycles. The molecule has 2 fully saturated rings. The maximum Gasteiger partial charge on any atom is 0.264 e. The Morgan fingerprint density at radius 2 is 2.11 bits per heavy atom. The molecule has 0 spiro atoms. The summed E-state index contributed by atoms with van der Waals surface area (Å²) in [5, 5.41) is 7.48. The molecule has 0 bridgehead atoms. The number of anilines is 1. The molecule has 0 radical (unpaired) electrons. The maximum absolute atomic E-state index is 12.8. The molecular formula is C20H26N4O2S2. The molecule has 2 atom stereocenters. The van der Waals surface area contributed by atoms with Crippen molar-refractivity contribution in [2.24, 2.45) is 5.92 Å². The van der Waals surface area contributed by atoms with E-state index in [4.69, 9.17) is 0 Å². The molecule has 2 aliphatic rings. The van der Waals surface area contributed by atoms with Crippen LogP contribution < -0.4 is 5.32 Å². The summed E-state index contributed by atoms with van der Waals surface area (Å²) in [6, 6.07) is 3.27. The fraction of sp³-hybridized carbons (Fsp3) is 0.550. The molecule has 0 saturated carbocycles. The van der Waals surface area contributed by atoms with Crippen molar-refractivity contribution in [1.82, 2.24) is 14.8 Å². The summed E-state index contributed by atoms with van der Waals surface area (Å²) in [5.41, 5.74) is 1.01. The second-order valence-corrected chi connectivity index (χ2v) is 9.56. The summed E-state index contributed by atoms with van der Waals surface area (Å²) in [4.78, 5) is 34.9. The molecule has 2 saturated heterocycles. The molecule has 2 aromatic heterocycles. The molecule has 0 aliphatic carbocycles. The van der Waals surface area contributed by atoms with Crippen molar-refractivity contribution in [2.45, 2.75) is 45.2 Å². The number of carbonyl (C=O) groups is 2. The van der Waals surface area contributed by atoms with E-state index in [2.05, 4.69) is 22.1 Å². The molecule has 4 heterocycles. The Bertz CT molecular complexity index is 820. The summed E-state index contributed by atoms with van der Waals surface area (Å²) in [7, 11) is 0. The second-order valence-electron chi connectivity index (χ2n) is 7.75. The van der Waals surface area contributed by atoms with Crippen molar-refractivity contribution >= 4 is 39.6 Å². The number of piperidine rings is 1. The predicted molar refractivity (Wildman–Crippen MR) is 113 cm³/mol. The second kappa shape index (κ2) is 8.71. The molecule has 1 N–H and O–H groups in total. The minimum Gasteiger partial charge on any atom is -0.326 e. The lowest BCUT2D eigenvalue weighted by Crippen LogP contribution is -2.42. The van der Waals surface area contributed by atoms with Crippen LogP contribution in [0.4, 0.5) is 5.13 Å². The number of nitrogens with zero attached hydrogens (tertiary/aromatic N) is 3. The number of hydrogen-bond acceptors (Lipinski definition) is 6. The molecule has 6 nitrogen and oxygen atoms in total. The highest BCUT2D eigenvalue weighted by molar-refractivity contribution is 7.14. The fourth-order valence-electron chi connectivity index (χ4n) is 4.11. The van der Waals surface area contributed by atoms with Gasteiger partial charge in [-0.2, -0.15) is 0 Å². The highest BCUT2D eigenvalue weighted by atomic mass is 32.1. The Morgan fingerprint density at radius 1 is 1.25 bits per heavy atom. The van der Waals surface area contributed by atoms with Crippen molar-refractivity contribution in [2.75, 3.05) is 25.0 Å². The number of hydrogen-bond donors (Lipinski definition) is 1. The topological polar surface area (TPSA) is 65.5 Å². The van der Waals surface area contributed by atoms with Crippen LogP contribution in [0.25, 0.3) is 0 Å². The number of thiazole rings is 1. The van der Waals surface area contributed by atoms with Gasteiger partial charge in [0.2, 0.25) is 5.91 Å². The number of amides is 2. The fourth-order valence-corrected chi connectivity index (χ4v) is 5.49. The van der Waals surface area contributed by atoms with Gasteiger partial charge in [-0.3, -0.25) is 14.5 Å². The quantitative estimate of drug-likeness (QED) is 0.804. The first-order valence-corrected chi connectivity index (χ1v) is 11.7. The Morgan fingerprint density at radius 3 is 2.89 bits per heavy atom. The Hall–Kier alpha value is -1.77. The van der Waals surface area contributed by atoms with Crippen molar-refractivity contribution in [1.29, 1.82) is 0 Å². The summed E-state index contributed by atoms with van der Waals surface area (Å²) in [6.07, 6.45) is 4.10. The Labute approximate surface area is 173 Å².